The summed E-state index contributed by atoms with van der Waals surface area (Å²) in [6.07, 6.45) is 0. The van der Waals surface area contributed by atoms with Gasteiger partial charge in [-0.05, 0) is 50.6 Å². The van der Waals surface area contributed by atoms with Crippen molar-refractivity contribution in [1.29, 1.82) is 5.26 Å². The number of hydrogen-bond donors (Lipinski definition) is 1. The van der Waals surface area contributed by atoms with Crippen molar-refractivity contribution in [2.75, 3.05) is 17.7 Å². The van der Waals surface area contributed by atoms with E-state index in [-0.39, 0.29) is 34.3 Å². The predicted octanol–water partition coefficient (Wildman–Crippen LogP) is 8.07. The van der Waals surface area contributed by atoms with E-state index in [1.54, 1.807) is 44.2 Å². The van der Waals surface area contributed by atoms with Gasteiger partial charge in [0.2, 0.25) is 5.91 Å². The molecule has 0 aliphatic rings. The minimum Gasteiger partial charge on any atom is -0.462 e. The van der Waals surface area contributed by atoms with Gasteiger partial charge >= 0.3 is 5.97 Å². The zero-order valence-electron chi connectivity index (χ0n) is 22.2. The summed E-state index contributed by atoms with van der Waals surface area (Å²) < 4.78 is 5.15. The number of pyridine rings is 1. The number of anilines is 1. The molecule has 0 saturated carbocycles. The van der Waals surface area contributed by atoms with Crippen LogP contribution in [0.4, 0.5) is 5.00 Å². The Bertz CT molecular complexity index is 1700. The molecule has 0 atom stereocenters. The minimum absolute atomic E-state index is 0.123. The SMILES string of the molecule is CCOC(=O)c1c(NC(=O)CSc2nc(-c3ccc(Cl)cc3)cc(-c3ccccc3Cl)c2C#N)sc(C(C)=O)c1C. The Labute approximate surface area is 255 Å². The van der Waals surface area contributed by atoms with Crippen molar-refractivity contribution in [1.82, 2.24) is 4.98 Å². The Kier molecular flexibility index (Phi) is 9.84. The topological polar surface area (TPSA) is 109 Å². The molecule has 0 unspecified atom stereocenters. The predicted molar refractivity (Wildman–Crippen MR) is 164 cm³/mol. The van der Waals surface area contributed by atoms with E-state index in [4.69, 9.17) is 32.9 Å². The van der Waals surface area contributed by atoms with Crippen molar-refractivity contribution >= 4 is 69.0 Å². The van der Waals surface area contributed by atoms with E-state index in [1.165, 1.54) is 6.92 Å². The average Bonchev–Trinajstić information content (AvgIpc) is 3.27. The van der Waals surface area contributed by atoms with Crippen molar-refractivity contribution in [2.45, 2.75) is 25.8 Å². The van der Waals surface area contributed by atoms with E-state index in [0.29, 0.717) is 42.3 Å². The summed E-state index contributed by atoms with van der Waals surface area (Å²) in [6.45, 7) is 4.86. The number of nitrogens with one attached hydrogen (secondary N) is 1. The van der Waals surface area contributed by atoms with Crippen molar-refractivity contribution in [2.24, 2.45) is 0 Å². The molecular formula is C30H23Cl2N3O4S2. The van der Waals surface area contributed by atoms with Crippen LogP contribution in [0.3, 0.4) is 0 Å². The van der Waals surface area contributed by atoms with Gasteiger partial charge in [0.25, 0.3) is 0 Å². The molecule has 4 aromatic rings. The number of nitrogens with zero attached hydrogens (tertiary/aromatic N) is 2. The standard InChI is InChI=1S/C30H23Cl2N3O4S2/c1-4-39-30(38)26-16(2)27(17(3)36)41-29(26)35-25(37)15-40-28-22(14-33)21(20-7-5-6-8-23(20)32)13-24(34-28)18-9-11-19(31)12-10-18/h5-13H,4,15H2,1-3H3,(H,35,37). The summed E-state index contributed by atoms with van der Waals surface area (Å²) in [7, 11) is 0. The molecule has 0 aliphatic heterocycles. The number of hydrogen-bond acceptors (Lipinski definition) is 8. The maximum Gasteiger partial charge on any atom is 0.341 e. The van der Waals surface area contributed by atoms with Gasteiger partial charge in [0, 0.05) is 26.7 Å². The van der Waals surface area contributed by atoms with Crippen LogP contribution in [0.2, 0.25) is 10.0 Å². The molecule has 208 valence electrons. The highest BCUT2D eigenvalue weighted by molar-refractivity contribution is 8.00. The van der Waals surface area contributed by atoms with E-state index < -0.39 is 11.9 Å². The molecule has 2 aromatic heterocycles. The summed E-state index contributed by atoms with van der Waals surface area (Å²) in [4.78, 5) is 42.9. The second-order valence-electron chi connectivity index (χ2n) is 8.71. The van der Waals surface area contributed by atoms with Gasteiger partial charge in [0.1, 0.15) is 16.1 Å². The number of ether oxygens (including phenoxy) is 1. The lowest BCUT2D eigenvalue weighted by Gasteiger charge is -2.14. The Morgan fingerprint density at radius 3 is 2.44 bits per heavy atom. The lowest BCUT2D eigenvalue weighted by molar-refractivity contribution is -0.113. The third kappa shape index (κ3) is 6.80. The van der Waals surface area contributed by atoms with E-state index in [0.717, 1.165) is 28.7 Å². The van der Waals surface area contributed by atoms with Crippen LogP contribution in [-0.2, 0) is 9.53 Å². The first-order valence-corrected chi connectivity index (χ1v) is 14.9. The number of aromatic nitrogens is 1. The molecule has 2 heterocycles. The number of ketones is 1. The molecule has 4 rings (SSSR count). The van der Waals surface area contributed by atoms with Crippen LogP contribution in [0, 0.1) is 18.3 Å². The fourth-order valence-electron chi connectivity index (χ4n) is 4.08. The fraction of sp³-hybridized carbons (Fsp3) is 0.167. The summed E-state index contributed by atoms with van der Waals surface area (Å²) in [5, 5.41) is 14.5. The third-order valence-corrected chi connectivity index (χ3v) is 8.81. The second-order valence-corrected chi connectivity index (χ2v) is 11.5. The highest BCUT2D eigenvalue weighted by Gasteiger charge is 2.26. The monoisotopic (exact) mass is 623 g/mol. The van der Waals surface area contributed by atoms with E-state index >= 15 is 0 Å². The molecule has 1 N–H and O–H groups in total. The van der Waals surface area contributed by atoms with Crippen LogP contribution in [0.15, 0.2) is 59.6 Å². The molecule has 0 saturated heterocycles. The first kappa shape index (κ1) is 30.3. The van der Waals surface area contributed by atoms with Crippen molar-refractivity contribution in [3.63, 3.8) is 0 Å². The third-order valence-electron chi connectivity index (χ3n) is 5.94. The van der Waals surface area contributed by atoms with Gasteiger partial charge in [-0.2, -0.15) is 5.26 Å². The molecule has 11 heteroatoms. The van der Waals surface area contributed by atoms with Gasteiger partial charge < -0.3 is 10.1 Å². The number of benzene rings is 2. The van der Waals surface area contributed by atoms with Gasteiger partial charge in [-0.3, -0.25) is 9.59 Å². The van der Waals surface area contributed by atoms with Crippen LogP contribution in [0.25, 0.3) is 22.4 Å². The Morgan fingerprint density at radius 2 is 1.80 bits per heavy atom. The number of Topliss-reactive ketones (excluding diaryl/α,β-unsaturated/α-hetero) is 1. The zero-order valence-corrected chi connectivity index (χ0v) is 25.4. The lowest BCUT2D eigenvalue weighted by Crippen LogP contribution is -2.16. The lowest BCUT2D eigenvalue weighted by atomic mass is 9.99. The highest BCUT2D eigenvalue weighted by atomic mass is 35.5. The van der Waals surface area contributed by atoms with Crippen LogP contribution in [0.1, 0.15) is 45.0 Å². The average molecular weight is 625 g/mol. The van der Waals surface area contributed by atoms with E-state index in [2.05, 4.69) is 11.4 Å². The molecule has 0 aliphatic carbocycles. The number of esters is 1. The van der Waals surface area contributed by atoms with Crippen molar-refractivity contribution in [3.8, 4) is 28.5 Å². The Hall–Kier alpha value is -3.68. The van der Waals surface area contributed by atoms with Gasteiger partial charge in [0.15, 0.2) is 5.78 Å². The number of nitriles is 1. The largest absolute Gasteiger partial charge is 0.462 e. The Morgan fingerprint density at radius 1 is 1.10 bits per heavy atom. The summed E-state index contributed by atoms with van der Waals surface area (Å²) in [5.41, 5.74) is 3.45. The number of rotatable bonds is 9. The summed E-state index contributed by atoms with van der Waals surface area (Å²) in [6, 6.07) is 18.3. The van der Waals surface area contributed by atoms with Gasteiger partial charge in [-0.15, -0.1) is 11.3 Å². The second kappa shape index (κ2) is 13.3. The molecular weight excluding hydrogens is 601 g/mol. The van der Waals surface area contributed by atoms with Gasteiger partial charge in [-0.25, -0.2) is 9.78 Å². The highest BCUT2D eigenvalue weighted by Crippen LogP contribution is 2.38. The molecule has 0 spiro atoms. The molecule has 0 bridgehead atoms. The van der Waals surface area contributed by atoms with E-state index in [9.17, 15) is 19.6 Å². The number of amides is 1. The van der Waals surface area contributed by atoms with Crippen molar-refractivity contribution in [3.05, 3.63) is 86.2 Å². The minimum atomic E-state index is -0.620. The molecule has 1 amide bonds. The molecule has 7 nitrogen and oxygen atoms in total. The van der Waals surface area contributed by atoms with Crippen LogP contribution >= 0.6 is 46.3 Å². The fourth-order valence-corrected chi connectivity index (χ4v) is 6.35. The van der Waals surface area contributed by atoms with Gasteiger partial charge in [0.05, 0.1) is 34.1 Å². The number of halogens is 2. The number of carbonyl (C=O) groups excluding carboxylic acids is 3. The molecule has 41 heavy (non-hydrogen) atoms. The zero-order chi connectivity index (χ0) is 29.7. The first-order chi connectivity index (χ1) is 19.6. The van der Waals surface area contributed by atoms with Crippen LogP contribution in [0.5, 0.6) is 0 Å². The number of thiophene rings is 1. The van der Waals surface area contributed by atoms with E-state index in [1.807, 2.05) is 24.3 Å². The summed E-state index contributed by atoms with van der Waals surface area (Å²) in [5.74, 6) is -1.41. The maximum absolute atomic E-state index is 13.1. The quantitative estimate of drug-likeness (QED) is 0.114. The Balaban J connectivity index is 1.70. The first-order valence-electron chi connectivity index (χ1n) is 12.3. The normalized spacial score (nSPS) is 10.6. The maximum atomic E-state index is 13.1. The smallest absolute Gasteiger partial charge is 0.341 e. The molecule has 2 aromatic carbocycles. The molecule has 0 radical (unpaired) electrons. The van der Waals surface area contributed by atoms with Crippen molar-refractivity contribution < 1.29 is 19.1 Å². The number of carbonyl (C=O) groups is 3. The van der Waals surface area contributed by atoms with Crippen LogP contribution in [-0.4, -0.2) is 35.0 Å². The van der Waals surface area contributed by atoms with Crippen LogP contribution < -0.4 is 5.32 Å². The molecule has 0 fully saturated rings. The number of thioether (sulfide) groups is 1. The summed E-state index contributed by atoms with van der Waals surface area (Å²) >= 11 is 14.7. The van der Waals surface area contributed by atoms with Gasteiger partial charge in [-0.1, -0.05) is 65.3 Å².